The van der Waals surface area contributed by atoms with E-state index in [1.807, 2.05) is 12.1 Å². The van der Waals surface area contributed by atoms with E-state index in [4.69, 9.17) is 5.14 Å². The van der Waals surface area contributed by atoms with Crippen molar-refractivity contribution < 1.29 is 21.2 Å². The summed E-state index contributed by atoms with van der Waals surface area (Å²) in [5.74, 6) is -1.05. The van der Waals surface area contributed by atoms with Crippen molar-refractivity contribution in [2.45, 2.75) is 9.79 Å². The summed E-state index contributed by atoms with van der Waals surface area (Å²) in [5, 5.41) is 6.50. The van der Waals surface area contributed by atoms with Crippen LogP contribution in [-0.2, 0) is 20.0 Å². The molecule has 3 aromatic rings. The van der Waals surface area contributed by atoms with E-state index >= 15 is 0 Å². The first kappa shape index (κ1) is 17.3. The third kappa shape index (κ3) is 3.63. The van der Waals surface area contributed by atoms with E-state index in [-0.39, 0.29) is 10.6 Å². The number of nitrogens with one attached hydrogen (secondary N) is 1. The minimum Gasteiger partial charge on any atom is -0.277 e. The molecule has 0 aliphatic carbocycles. The molecule has 3 aromatic carbocycles. The minimum atomic E-state index is -4.08. The van der Waals surface area contributed by atoms with Gasteiger partial charge in [0.1, 0.15) is 5.82 Å². The lowest BCUT2D eigenvalue weighted by molar-refractivity contribution is 0.592. The SMILES string of the molecule is NS(=O)(=O)c1ccc(NS(=O)(=O)c2ccc3ccccc3c2)c(F)c1. The molecule has 0 saturated heterocycles. The van der Waals surface area contributed by atoms with E-state index in [0.29, 0.717) is 6.07 Å². The largest absolute Gasteiger partial charge is 0.277 e. The summed E-state index contributed by atoms with van der Waals surface area (Å²) in [6.07, 6.45) is 0. The minimum absolute atomic E-state index is 0.0406. The Morgan fingerprint density at radius 2 is 1.44 bits per heavy atom. The van der Waals surface area contributed by atoms with E-state index < -0.39 is 30.8 Å². The van der Waals surface area contributed by atoms with Crippen LogP contribution in [0.1, 0.15) is 0 Å². The number of hydrogen-bond acceptors (Lipinski definition) is 4. The smallest absolute Gasteiger partial charge is 0.262 e. The molecule has 0 amide bonds. The quantitative estimate of drug-likeness (QED) is 0.725. The number of nitrogens with two attached hydrogens (primary N) is 1. The van der Waals surface area contributed by atoms with Crippen LogP contribution in [0.2, 0.25) is 0 Å². The van der Waals surface area contributed by atoms with E-state index in [0.717, 1.165) is 22.9 Å². The summed E-state index contributed by atoms with van der Waals surface area (Å²) >= 11 is 0. The van der Waals surface area contributed by atoms with E-state index in [1.165, 1.54) is 12.1 Å². The first-order chi connectivity index (χ1) is 11.7. The molecule has 3 rings (SSSR count). The summed E-state index contributed by atoms with van der Waals surface area (Å²) in [7, 11) is -8.13. The highest BCUT2D eigenvalue weighted by molar-refractivity contribution is 7.92. The van der Waals surface area contributed by atoms with Gasteiger partial charge in [0.2, 0.25) is 10.0 Å². The molecule has 3 N–H and O–H groups in total. The molecule has 0 fully saturated rings. The van der Waals surface area contributed by atoms with Gasteiger partial charge in [0.15, 0.2) is 0 Å². The van der Waals surface area contributed by atoms with Gasteiger partial charge < -0.3 is 0 Å². The maximum absolute atomic E-state index is 14.0. The Morgan fingerprint density at radius 3 is 2.08 bits per heavy atom. The lowest BCUT2D eigenvalue weighted by Gasteiger charge is -2.10. The normalized spacial score (nSPS) is 12.2. The van der Waals surface area contributed by atoms with E-state index in [9.17, 15) is 21.2 Å². The number of anilines is 1. The van der Waals surface area contributed by atoms with Crippen molar-refractivity contribution in [3.05, 3.63) is 66.5 Å². The second-order valence-electron chi connectivity index (χ2n) is 5.30. The van der Waals surface area contributed by atoms with Gasteiger partial charge in [-0.05, 0) is 41.1 Å². The molecule has 25 heavy (non-hydrogen) atoms. The highest BCUT2D eigenvalue weighted by atomic mass is 32.2. The van der Waals surface area contributed by atoms with Crippen molar-refractivity contribution in [2.75, 3.05) is 4.72 Å². The number of fused-ring (bicyclic) bond motifs is 1. The van der Waals surface area contributed by atoms with Crippen molar-refractivity contribution in [2.24, 2.45) is 5.14 Å². The van der Waals surface area contributed by atoms with Crippen molar-refractivity contribution in [1.82, 2.24) is 0 Å². The topological polar surface area (TPSA) is 106 Å². The molecule has 6 nitrogen and oxygen atoms in total. The molecular weight excluding hydrogens is 367 g/mol. The molecule has 0 unspecified atom stereocenters. The molecule has 0 aromatic heterocycles. The zero-order valence-electron chi connectivity index (χ0n) is 12.7. The van der Waals surface area contributed by atoms with Gasteiger partial charge in [0, 0.05) is 0 Å². The van der Waals surface area contributed by atoms with Crippen molar-refractivity contribution in [3.8, 4) is 0 Å². The van der Waals surface area contributed by atoms with Gasteiger partial charge in [0.25, 0.3) is 10.0 Å². The van der Waals surface area contributed by atoms with Crippen molar-refractivity contribution >= 4 is 36.5 Å². The summed E-state index contributed by atoms with van der Waals surface area (Å²) in [5.41, 5.74) is -0.374. The zero-order valence-corrected chi connectivity index (χ0v) is 14.3. The van der Waals surface area contributed by atoms with Crippen LogP contribution in [0.3, 0.4) is 0 Å². The Kier molecular flexibility index (Phi) is 4.23. The first-order valence-electron chi connectivity index (χ1n) is 7.01. The van der Waals surface area contributed by atoms with Crippen LogP contribution in [-0.4, -0.2) is 16.8 Å². The fourth-order valence-electron chi connectivity index (χ4n) is 2.29. The fraction of sp³-hybridized carbons (Fsp3) is 0. The number of rotatable bonds is 4. The second-order valence-corrected chi connectivity index (χ2v) is 8.54. The van der Waals surface area contributed by atoms with Gasteiger partial charge in [-0.25, -0.2) is 26.4 Å². The monoisotopic (exact) mass is 380 g/mol. The van der Waals surface area contributed by atoms with Crippen LogP contribution in [0, 0.1) is 5.82 Å². The van der Waals surface area contributed by atoms with Crippen LogP contribution in [0.4, 0.5) is 10.1 Å². The Morgan fingerprint density at radius 1 is 0.800 bits per heavy atom. The highest BCUT2D eigenvalue weighted by Gasteiger charge is 2.18. The highest BCUT2D eigenvalue weighted by Crippen LogP contribution is 2.24. The average molecular weight is 380 g/mol. The molecule has 0 bridgehead atoms. The maximum atomic E-state index is 14.0. The third-order valence-electron chi connectivity index (χ3n) is 3.54. The third-order valence-corrected chi connectivity index (χ3v) is 5.82. The van der Waals surface area contributed by atoms with Gasteiger partial charge in [-0.2, -0.15) is 0 Å². The summed E-state index contributed by atoms with van der Waals surface area (Å²) in [6, 6.07) is 14.4. The number of sulfonamides is 2. The molecule has 9 heteroatoms. The Hall–Kier alpha value is -2.49. The summed E-state index contributed by atoms with van der Waals surface area (Å²) in [6.45, 7) is 0. The first-order valence-corrected chi connectivity index (χ1v) is 10.0. The molecule has 0 saturated carbocycles. The lowest BCUT2D eigenvalue weighted by atomic mass is 10.1. The molecule has 0 spiro atoms. The number of hydrogen-bond donors (Lipinski definition) is 2. The van der Waals surface area contributed by atoms with Crippen LogP contribution in [0.15, 0.2) is 70.5 Å². The van der Waals surface area contributed by atoms with Crippen molar-refractivity contribution in [1.29, 1.82) is 0 Å². The molecule has 0 radical (unpaired) electrons. The molecule has 0 heterocycles. The van der Waals surface area contributed by atoms with Gasteiger partial charge in [-0.15, -0.1) is 0 Å². The number of halogens is 1. The molecule has 0 aliphatic heterocycles. The lowest BCUT2D eigenvalue weighted by Crippen LogP contribution is -2.15. The maximum Gasteiger partial charge on any atom is 0.262 e. The van der Waals surface area contributed by atoms with Gasteiger partial charge in [-0.3, -0.25) is 4.72 Å². The summed E-state index contributed by atoms with van der Waals surface area (Å²) in [4.78, 5) is -0.486. The van der Waals surface area contributed by atoms with Crippen LogP contribution in [0.5, 0.6) is 0 Å². The standard InChI is InChI=1S/C16H13FN2O4S2/c17-15-10-13(24(18,20)21)7-8-16(15)19-25(22,23)14-6-5-11-3-1-2-4-12(11)9-14/h1-10,19H,(H2,18,20,21). The van der Waals surface area contributed by atoms with Crippen LogP contribution in [0.25, 0.3) is 10.8 Å². The molecule has 130 valence electrons. The van der Waals surface area contributed by atoms with Crippen LogP contribution < -0.4 is 9.86 Å². The summed E-state index contributed by atoms with van der Waals surface area (Å²) < 4.78 is 63.5. The van der Waals surface area contributed by atoms with E-state index in [1.54, 1.807) is 18.2 Å². The average Bonchev–Trinajstić information content (AvgIpc) is 2.55. The Bertz CT molecular complexity index is 1180. The number of primary sulfonamides is 1. The molecular formula is C16H13FN2O4S2. The second kappa shape index (κ2) is 6.10. The predicted octanol–water partition coefficient (Wildman–Crippen LogP) is 2.43. The van der Waals surface area contributed by atoms with Crippen LogP contribution >= 0.6 is 0 Å². The Labute approximate surface area is 144 Å². The molecule has 0 aliphatic rings. The Balaban J connectivity index is 1.98. The van der Waals surface area contributed by atoms with Crippen molar-refractivity contribution in [3.63, 3.8) is 0 Å². The van der Waals surface area contributed by atoms with Gasteiger partial charge in [-0.1, -0.05) is 30.3 Å². The van der Waals surface area contributed by atoms with Gasteiger partial charge in [0.05, 0.1) is 15.5 Å². The molecule has 0 atom stereocenters. The van der Waals surface area contributed by atoms with E-state index in [2.05, 4.69) is 4.72 Å². The predicted molar refractivity (Wildman–Crippen MR) is 92.5 cm³/mol. The fourth-order valence-corrected chi connectivity index (χ4v) is 3.92. The number of benzene rings is 3. The van der Waals surface area contributed by atoms with Gasteiger partial charge >= 0.3 is 0 Å². The zero-order chi connectivity index (χ0) is 18.2.